The molecule has 0 amide bonds. The Morgan fingerprint density at radius 2 is 1.66 bits per heavy atom. The summed E-state index contributed by atoms with van der Waals surface area (Å²) in [6.45, 7) is 4.13. The van der Waals surface area contributed by atoms with Crippen molar-refractivity contribution in [2.24, 2.45) is 23.2 Å². The summed E-state index contributed by atoms with van der Waals surface area (Å²) in [4.78, 5) is 0. The number of hydrogen-bond donors (Lipinski definition) is 1. The smallest absolute Gasteiger partial charge is 0.0491 e. The molecule has 4 bridgehead atoms. The number of nitrogens with one attached hydrogen (secondary N) is 1. The Bertz CT molecular complexity index is 1110. The minimum absolute atomic E-state index is 0.532. The van der Waals surface area contributed by atoms with Crippen LogP contribution in [-0.4, -0.2) is 10.6 Å². The van der Waals surface area contributed by atoms with Gasteiger partial charge in [0.15, 0.2) is 0 Å². The number of para-hydroxylation sites is 1. The van der Waals surface area contributed by atoms with Gasteiger partial charge in [-0.05, 0) is 97.9 Å². The van der Waals surface area contributed by atoms with Gasteiger partial charge in [0.2, 0.25) is 0 Å². The Balaban J connectivity index is 1.23. The first-order valence-electron chi connectivity index (χ1n) is 12.2. The van der Waals surface area contributed by atoms with E-state index in [1.165, 1.54) is 55.0 Å². The Labute approximate surface area is 201 Å². The van der Waals surface area contributed by atoms with E-state index in [-0.39, 0.29) is 0 Å². The molecule has 1 atom stereocenters. The van der Waals surface area contributed by atoms with Crippen LogP contribution in [0.15, 0.2) is 48.7 Å². The van der Waals surface area contributed by atoms with E-state index < -0.39 is 0 Å². The summed E-state index contributed by atoms with van der Waals surface area (Å²) in [5.74, 6) is 2.99. The van der Waals surface area contributed by atoms with Gasteiger partial charge in [0, 0.05) is 46.3 Å². The second kappa shape index (κ2) is 8.08. The molecule has 0 spiro atoms. The molecular formula is C28H32Cl2N2. The molecule has 3 aromatic rings. The normalized spacial score (nSPS) is 29.7. The van der Waals surface area contributed by atoms with Gasteiger partial charge in [0.1, 0.15) is 0 Å². The SMILES string of the molecule is CC(NCc1cn(Cc2ccc(Cl)cc2Cl)c2ccccc12)C12CC3CC(CC(C3)C1)C2. The number of benzene rings is 2. The number of rotatable bonds is 6. The third-order valence-corrected chi connectivity index (χ3v) is 9.42. The van der Waals surface area contributed by atoms with Gasteiger partial charge in [0.05, 0.1) is 0 Å². The molecule has 4 aliphatic carbocycles. The maximum absolute atomic E-state index is 6.48. The molecule has 1 unspecified atom stereocenters. The lowest BCUT2D eigenvalue weighted by molar-refractivity contribution is -0.0706. The van der Waals surface area contributed by atoms with E-state index in [4.69, 9.17) is 23.2 Å². The van der Waals surface area contributed by atoms with E-state index in [0.717, 1.165) is 41.4 Å². The van der Waals surface area contributed by atoms with Gasteiger partial charge in [-0.15, -0.1) is 0 Å². The average Bonchev–Trinajstić information content (AvgIpc) is 3.10. The molecule has 1 heterocycles. The Kier molecular flexibility index (Phi) is 5.32. The maximum atomic E-state index is 6.48. The number of fused-ring (bicyclic) bond motifs is 1. The van der Waals surface area contributed by atoms with Crippen LogP contribution in [0.25, 0.3) is 10.9 Å². The van der Waals surface area contributed by atoms with Gasteiger partial charge in [-0.2, -0.15) is 0 Å². The lowest BCUT2D eigenvalue weighted by atomic mass is 9.48. The van der Waals surface area contributed by atoms with E-state index in [9.17, 15) is 0 Å². The monoisotopic (exact) mass is 466 g/mol. The third kappa shape index (κ3) is 3.69. The van der Waals surface area contributed by atoms with E-state index in [2.05, 4.69) is 47.3 Å². The first-order chi connectivity index (χ1) is 15.5. The first kappa shape index (κ1) is 21.1. The first-order valence-corrected chi connectivity index (χ1v) is 13.0. The summed E-state index contributed by atoms with van der Waals surface area (Å²) in [5, 5.41) is 6.73. The molecule has 0 saturated heterocycles. The van der Waals surface area contributed by atoms with Gasteiger partial charge in [0.25, 0.3) is 0 Å². The highest BCUT2D eigenvalue weighted by Crippen LogP contribution is 2.61. The Hall–Kier alpha value is -1.48. The quantitative estimate of drug-likeness (QED) is 0.393. The molecule has 0 radical (unpaired) electrons. The van der Waals surface area contributed by atoms with Crippen LogP contribution >= 0.6 is 23.2 Å². The van der Waals surface area contributed by atoms with E-state index in [1.807, 2.05) is 18.2 Å². The highest BCUT2D eigenvalue weighted by Gasteiger charge is 2.52. The van der Waals surface area contributed by atoms with Crippen molar-refractivity contribution in [2.45, 2.75) is 64.6 Å². The molecule has 1 N–H and O–H groups in total. The summed E-state index contributed by atoms with van der Waals surface area (Å²) in [7, 11) is 0. The topological polar surface area (TPSA) is 17.0 Å². The minimum Gasteiger partial charge on any atom is -0.343 e. The van der Waals surface area contributed by atoms with Crippen LogP contribution in [0.1, 0.15) is 56.6 Å². The van der Waals surface area contributed by atoms with Crippen molar-refractivity contribution in [1.82, 2.24) is 9.88 Å². The van der Waals surface area contributed by atoms with Crippen LogP contribution in [0.3, 0.4) is 0 Å². The van der Waals surface area contributed by atoms with E-state index in [0.29, 0.717) is 16.5 Å². The van der Waals surface area contributed by atoms with E-state index in [1.54, 1.807) is 0 Å². The van der Waals surface area contributed by atoms with E-state index >= 15 is 0 Å². The number of halogens is 2. The maximum Gasteiger partial charge on any atom is 0.0491 e. The van der Waals surface area contributed by atoms with Gasteiger partial charge in [-0.1, -0.05) is 47.5 Å². The fraction of sp³-hybridized carbons (Fsp3) is 0.500. The standard InChI is InChI=1S/C28H32Cl2N2/c1-18(28-12-19-8-20(13-28)10-21(9-19)14-28)31-15-23-17-32(27-5-3-2-4-25(23)27)16-22-6-7-24(29)11-26(22)30/h2-7,11,17-21,31H,8-10,12-16H2,1H3. The van der Waals surface area contributed by atoms with Crippen molar-refractivity contribution < 1.29 is 0 Å². The van der Waals surface area contributed by atoms with Crippen LogP contribution in [-0.2, 0) is 13.1 Å². The molecule has 4 heteroatoms. The molecule has 7 rings (SSSR count). The summed E-state index contributed by atoms with van der Waals surface area (Å²) in [6, 6.07) is 15.1. The molecule has 4 fully saturated rings. The molecule has 2 aromatic carbocycles. The summed E-state index contributed by atoms with van der Waals surface area (Å²) in [5.41, 5.74) is 4.27. The van der Waals surface area contributed by atoms with Gasteiger partial charge in [-0.3, -0.25) is 0 Å². The lowest BCUT2D eigenvalue weighted by Crippen LogP contribution is -2.54. The van der Waals surface area contributed by atoms with Crippen LogP contribution in [0, 0.1) is 23.2 Å². The summed E-state index contributed by atoms with van der Waals surface area (Å²) in [6.07, 6.45) is 11.2. The second-order valence-corrected chi connectivity index (χ2v) is 11.8. The van der Waals surface area contributed by atoms with Gasteiger partial charge >= 0.3 is 0 Å². The highest BCUT2D eigenvalue weighted by atomic mass is 35.5. The fourth-order valence-electron chi connectivity index (χ4n) is 7.62. The van der Waals surface area contributed by atoms with Gasteiger partial charge < -0.3 is 9.88 Å². The molecule has 4 saturated carbocycles. The third-order valence-electron chi connectivity index (χ3n) is 8.83. The van der Waals surface area contributed by atoms with Crippen molar-refractivity contribution >= 4 is 34.1 Å². The molecule has 2 nitrogen and oxygen atoms in total. The zero-order valence-electron chi connectivity index (χ0n) is 18.8. The second-order valence-electron chi connectivity index (χ2n) is 10.9. The number of aromatic nitrogens is 1. The van der Waals surface area contributed by atoms with Crippen molar-refractivity contribution in [3.8, 4) is 0 Å². The highest BCUT2D eigenvalue weighted by molar-refractivity contribution is 6.35. The molecule has 168 valence electrons. The zero-order chi connectivity index (χ0) is 21.9. The van der Waals surface area contributed by atoms with Gasteiger partial charge in [-0.25, -0.2) is 0 Å². The van der Waals surface area contributed by atoms with Crippen molar-refractivity contribution in [3.05, 3.63) is 69.8 Å². The van der Waals surface area contributed by atoms with Crippen LogP contribution in [0.4, 0.5) is 0 Å². The largest absolute Gasteiger partial charge is 0.343 e. The molecular weight excluding hydrogens is 435 g/mol. The van der Waals surface area contributed by atoms with Crippen LogP contribution < -0.4 is 5.32 Å². The lowest BCUT2D eigenvalue weighted by Gasteiger charge is -2.59. The Morgan fingerprint density at radius 3 is 2.34 bits per heavy atom. The molecule has 0 aliphatic heterocycles. The number of hydrogen-bond acceptors (Lipinski definition) is 1. The molecule has 4 aliphatic rings. The van der Waals surface area contributed by atoms with Crippen molar-refractivity contribution in [3.63, 3.8) is 0 Å². The van der Waals surface area contributed by atoms with Crippen molar-refractivity contribution in [2.75, 3.05) is 0 Å². The molecule has 32 heavy (non-hydrogen) atoms. The summed E-state index contributed by atoms with van der Waals surface area (Å²) < 4.78 is 2.33. The minimum atomic E-state index is 0.532. The predicted molar refractivity (Wildman–Crippen MR) is 134 cm³/mol. The van der Waals surface area contributed by atoms with Crippen LogP contribution in [0.5, 0.6) is 0 Å². The zero-order valence-corrected chi connectivity index (χ0v) is 20.3. The summed E-state index contributed by atoms with van der Waals surface area (Å²) >= 11 is 12.6. The fourth-order valence-corrected chi connectivity index (χ4v) is 8.08. The number of nitrogens with zero attached hydrogens (tertiary/aromatic N) is 1. The molecule has 1 aromatic heterocycles. The average molecular weight is 467 g/mol. The van der Waals surface area contributed by atoms with Crippen molar-refractivity contribution in [1.29, 1.82) is 0 Å². The van der Waals surface area contributed by atoms with Crippen LogP contribution in [0.2, 0.25) is 10.0 Å². The Morgan fingerprint density at radius 1 is 0.969 bits per heavy atom. The predicted octanol–water partition coefficient (Wildman–Crippen LogP) is 7.69.